The van der Waals surface area contributed by atoms with Crippen molar-refractivity contribution in [1.29, 1.82) is 0 Å². The number of Topliss-reactive ketones (excluding diaryl/α,β-unsaturated/α-hetero) is 1. The van der Waals surface area contributed by atoms with E-state index in [1.807, 2.05) is 0 Å². The van der Waals surface area contributed by atoms with Gasteiger partial charge in [0, 0.05) is 24.3 Å². The molecule has 0 saturated carbocycles. The molecule has 0 atom stereocenters. The number of piperidine rings is 1. The number of halogens is 1. The summed E-state index contributed by atoms with van der Waals surface area (Å²) >= 11 is 6.20. The molecule has 0 aromatic heterocycles. The lowest BCUT2D eigenvalue weighted by Gasteiger charge is -2.26. The van der Waals surface area contributed by atoms with Crippen molar-refractivity contribution >= 4 is 39.0 Å². The molecule has 7 nitrogen and oxygen atoms in total. The van der Waals surface area contributed by atoms with E-state index in [0.29, 0.717) is 24.3 Å². The number of ether oxygens (including phenoxy) is 1. The van der Waals surface area contributed by atoms with Crippen LogP contribution in [-0.2, 0) is 14.8 Å². The fraction of sp³-hybridized carbons (Fsp3) is 0.333. The first kappa shape index (κ1) is 22.3. The van der Waals surface area contributed by atoms with E-state index in [-0.39, 0.29) is 28.1 Å². The molecule has 1 aliphatic rings. The number of hydrogen-bond acceptors (Lipinski definition) is 5. The van der Waals surface area contributed by atoms with E-state index < -0.39 is 15.9 Å². The van der Waals surface area contributed by atoms with Crippen molar-refractivity contribution in [3.05, 3.63) is 53.1 Å². The van der Waals surface area contributed by atoms with E-state index in [1.165, 1.54) is 29.4 Å². The molecule has 1 amide bonds. The van der Waals surface area contributed by atoms with Gasteiger partial charge in [0.05, 0.1) is 9.92 Å². The Morgan fingerprint density at radius 2 is 1.83 bits per heavy atom. The van der Waals surface area contributed by atoms with Gasteiger partial charge >= 0.3 is 0 Å². The van der Waals surface area contributed by atoms with Crippen molar-refractivity contribution in [3.8, 4) is 5.75 Å². The number of anilines is 1. The zero-order valence-electron chi connectivity index (χ0n) is 16.6. The van der Waals surface area contributed by atoms with Crippen LogP contribution in [0, 0.1) is 0 Å². The Hall–Kier alpha value is -2.42. The van der Waals surface area contributed by atoms with Crippen molar-refractivity contribution in [2.75, 3.05) is 25.0 Å². The van der Waals surface area contributed by atoms with Gasteiger partial charge < -0.3 is 10.1 Å². The fourth-order valence-corrected chi connectivity index (χ4v) is 5.01. The molecule has 1 heterocycles. The summed E-state index contributed by atoms with van der Waals surface area (Å²) in [6.45, 7) is 2.13. The van der Waals surface area contributed by atoms with Gasteiger partial charge in [-0.3, -0.25) is 9.59 Å². The van der Waals surface area contributed by atoms with Crippen molar-refractivity contribution in [1.82, 2.24) is 4.31 Å². The molecule has 9 heteroatoms. The molecule has 2 aromatic carbocycles. The predicted molar refractivity (Wildman–Crippen MR) is 115 cm³/mol. The van der Waals surface area contributed by atoms with E-state index in [0.717, 1.165) is 19.3 Å². The molecular formula is C21H23ClN2O5S. The molecular weight excluding hydrogens is 428 g/mol. The lowest BCUT2D eigenvalue weighted by molar-refractivity contribution is -0.118. The molecule has 0 unspecified atom stereocenters. The molecule has 1 N–H and O–H groups in total. The van der Waals surface area contributed by atoms with Crippen molar-refractivity contribution in [2.24, 2.45) is 0 Å². The Kier molecular flexibility index (Phi) is 7.12. The van der Waals surface area contributed by atoms with Crippen molar-refractivity contribution in [2.45, 2.75) is 31.1 Å². The molecule has 3 rings (SSSR count). The number of carbonyl (C=O) groups is 2. The lowest BCUT2D eigenvalue weighted by Crippen LogP contribution is -2.35. The quantitative estimate of drug-likeness (QED) is 0.649. The molecule has 1 saturated heterocycles. The summed E-state index contributed by atoms with van der Waals surface area (Å²) in [5.74, 6) is -0.326. The molecule has 30 heavy (non-hydrogen) atoms. The second-order valence-corrected chi connectivity index (χ2v) is 9.38. The highest BCUT2D eigenvalue weighted by Gasteiger charge is 2.26. The smallest absolute Gasteiger partial charge is 0.262 e. The molecule has 1 aliphatic heterocycles. The van der Waals surface area contributed by atoms with Crippen LogP contribution in [0.2, 0.25) is 5.02 Å². The highest BCUT2D eigenvalue weighted by Crippen LogP contribution is 2.29. The summed E-state index contributed by atoms with van der Waals surface area (Å²) < 4.78 is 32.4. The topological polar surface area (TPSA) is 92.8 Å². The number of nitrogens with zero attached hydrogens (tertiary/aromatic N) is 1. The highest BCUT2D eigenvalue weighted by atomic mass is 35.5. The summed E-state index contributed by atoms with van der Waals surface area (Å²) in [6, 6.07) is 10.8. The van der Waals surface area contributed by atoms with Crippen LogP contribution in [0.5, 0.6) is 5.75 Å². The van der Waals surface area contributed by atoms with Crippen molar-refractivity contribution in [3.63, 3.8) is 0 Å². The third kappa shape index (κ3) is 5.38. The third-order valence-electron chi connectivity index (χ3n) is 4.77. The second-order valence-electron chi connectivity index (χ2n) is 7.03. The summed E-state index contributed by atoms with van der Waals surface area (Å²) in [5, 5.41) is 2.75. The van der Waals surface area contributed by atoms with Gasteiger partial charge in [0.25, 0.3) is 5.91 Å². The zero-order chi connectivity index (χ0) is 21.7. The van der Waals surface area contributed by atoms with E-state index >= 15 is 0 Å². The van der Waals surface area contributed by atoms with Crippen LogP contribution in [0.1, 0.15) is 36.5 Å². The number of sulfonamides is 1. The van der Waals surface area contributed by atoms with Crippen LogP contribution < -0.4 is 10.1 Å². The number of benzene rings is 2. The summed E-state index contributed by atoms with van der Waals surface area (Å²) in [6.07, 6.45) is 2.72. The zero-order valence-corrected chi connectivity index (χ0v) is 18.1. The lowest BCUT2D eigenvalue weighted by atomic mass is 10.1. The first-order valence-corrected chi connectivity index (χ1v) is 11.4. The second kappa shape index (κ2) is 9.59. The number of ketones is 1. The maximum atomic E-state index is 12.7. The van der Waals surface area contributed by atoms with Crippen LogP contribution in [0.3, 0.4) is 0 Å². The van der Waals surface area contributed by atoms with Gasteiger partial charge in [0.1, 0.15) is 5.75 Å². The first-order valence-electron chi connectivity index (χ1n) is 9.61. The molecule has 2 aromatic rings. The fourth-order valence-electron chi connectivity index (χ4n) is 3.17. The molecule has 160 valence electrons. The van der Waals surface area contributed by atoms with Gasteiger partial charge in [-0.05, 0) is 50.1 Å². The molecule has 0 radical (unpaired) electrons. The van der Waals surface area contributed by atoms with Gasteiger partial charge in [-0.15, -0.1) is 0 Å². The Bertz CT molecular complexity index is 1050. The Labute approximate surface area is 181 Å². The largest absolute Gasteiger partial charge is 0.482 e. The number of rotatable bonds is 7. The van der Waals surface area contributed by atoms with E-state index in [2.05, 4.69) is 5.32 Å². The SMILES string of the molecule is CC(=O)c1cccc(NC(=O)COc2ccc(S(=O)(=O)N3CCCCC3)cc2Cl)c1. The highest BCUT2D eigenvalue weighted by molar-refractivity contribution is 7.89. The number of nitrogens with one attached hydrogen (secondary N) is 1. The minimum absolute atomic E-state index is 0.103. The molecule has 0 aliphatic carbocycles. The Morgan fingerprint density at radius 1 is 1.10 bits per heavy atom. The first-order chi connectivity index (χ1) is 14.3. The van der Waals surface area contributed by atoms with E-state index in [4.69, 9.17) is 16.3 Å². The molecule has 0 spiro atoms. The standard InChI is InChI=1S/C21H23ClN2O5S/c1-15(25)16-6-5-7-17(12-16)23-21(26)14-29-20-9-8-18(13-19(20)22)30(27,28)24-10-3-2-4-11-24/h5-9,12-13H,2-4,10-11,14H2,1H3,(H,23,26). The van der Waals surface area contributed by atoms with Crippen LogP contribution in [0.25, 0.3) is 0 Å². The normalized spacial score (nSPS) is 14.9. The number of carbonyl (C=O) groups excluding carboxylic acids is 2. The minimum atomic E-state index is -3.60. The van der Waals surface area contributed by atoms with Crippen molar-refractivity contribution < 1.29 is 22.7 Å². The van der Waals surface area contributed by atoms with Gasteiger partial charge in [0.2, 0.25) is 10.0 Å². The van der Waals surface area contributed by atoms with E-state index in [1.54, 1.807) is 24.3 Å². The third-order valence-corrected chi connectivity index (χ3v) is 6.96. The van der Waals surface area contributed by atoms with Crippen LogP contribution in [0.4, 0.5) is 5.69 Å². The maximum Gasteiger partial charge on any atom is 0.262 e. The molecule has 0 bridgehead atoms. The van der Waals surface area contributed by atoms with Gasteiger partial charge in [-0.25, -0.2) is 8.42 Å². The minimum Gasteiger partial charge on any atom is -0.482 e. The Morgan fingerprint density at radius 3 is 2.50 bits per heavy atom. The summed E-state index contributed by atoms with van der Waals surface area (Å²) in [7, 11) is -3.60. The van der Waals surface area contributed by atoms with Crippen LogP contribution in [-0.4, -0.2) is 44.1 Å². The van der Waals surface area contributed by atoms with E-state index in [9.17, 15) is 18.0 Å². The van der Waals surface area contributed by atoms with Crippen LogP contribution in [0.15, 0.2) is 47.4 Å². The maximum absolute atomic E-state index is 12.7. The summed E-state index contributed by atoms with van der Waals surface area (Å²) in [4.78, 5) is 23.7. The summed E-state index contributed by atoms with van der Waals surface area (Å²) in [5.41, 5.74) is 0.965. The monoisotopic (exact) mass is 450 g/mol. The van der Waals surface area contributed by atoms with Crippen LogP contribution >= 0.6 is 11.6 Å². The van der Waals surface area contributed by atoms with Gasteiger partial charge in [0.15, 0.2) is 12.4 Å². The van der Waals surface area contributed by atoms with Gasteiger partial charge in [-0.1, -0.05) is 30.2 Å². The average Bonchev–Trinajstić information content (AvgIpc) is 2.73. The Balaban J connectivity index is 1.62. The van der Waals surface area contributed by atoms with Gasteiger partial charge in [-0.2, -0.15) is 4.31 Å². The number of amides is 1. The average molecular weight is 451 g/mol. The number of hydrogen-bond donors (Lipinski definition) is 1. The predicted octanol–water partition coefficient (Wildman–Crippen LogP) is 3.73. The molecule has 1 fully saturated rings.